The number of nitriles is 1. The third-order valence-corrected chi connectivity index (χ3v) is 6.94. The maximum absolute atomic E-state index is 12.6. The molecule has 0 saturated carbocycles. The largest absolute Gasteiger partial charge is 0.339 e. The summed E-state index contributed by atoms with van der Waals surface area (Å²) < 4.78 is 0.794. The first-order valence-electron chi connectivity index (χ1n) is 9.17. The molecule has 3 heterocycles. The Morgan fingerprint density at radius 3 is 2.62 bits per heavy atom. The number of hydrogen-bond donors (Lipinski definition) is 0. The number of nitrogens with zero attached hydrogens (tertiary/aromatic N) is 4. The van der Waals surface area contributed by atoms with Crippen molar-refractivity contribution >= 4 is 46.4 Å². The average molecular weight is 449 g/mol. The van der Waals surface area contributed by atoms with Crippen molar-refractivity contribution in [1.29, 1.82) is 5.26 Å². The van der Waals surface area contributed by atoms with Crippen LogP contribution in [0.5, 0.6) is 0 Å². The van der Waals surface area contributed by atoms with Crippen LogP contribution in [0.3, 0.4) is 0 Å². The lowest BCUT2D eigenvalue weighted by atomic mass is 10.1. The second kappa shape index (κ2) is 9.72. The molecule has 2 aromatic rings. The minimum absolute atomic E-state index is 0.0350. The smallest absolute Gasteiger partial charge is 0.233 e. The molecule has 0 N–H and O–H groups in total. The Labute approximate surface area is 183 Å². The highest BCUT2D eigenvalue weighted by Gasteiger charge is 2.22. The van der Waals surface area contributed by atoms with Gasteiger partial charge in [0.15, 0.2) is 5.78 Å². The van der Waals surface area contributed by atoms with Crippen molar-refractivity contribution in [2.75, 3.05) is 31.9 Å². The zero-order valence-corrected chi connectivity index (χ0v) is 18.7. The molecule has 2 aromatic heterocycles. The van der Waals surface area contributed by atoms with E-state index in [9.17, 15) is 14.9 Å². The molecule has 1 aliphatic rings. The predicted octanol–water partition coefficient (Wildman–Crippen LogP) is 3.62. The van der Waals surface area contributed by atoms with Crippen LogP contribution in [-0.2, 0) is 11.3 Å². The number of pyridine rings is 1. The van der Waals surface area contributed by atoms with Gasteiger partial charge in [-0.05, 0) is 32.0 Å². The zero-order chi connectivity index (χ0) is 21.0. The van der Waals surface area contributed by atoms with Crippen LogP contribution >= 0.6 is 34.7 Å². The summed E-state index contributed by atoms with van der Waals surface area (Å²) in [6, 6.07) is 7.59. The van der Waals surface area contributed by atoms with E-state index in [2.05, 4.69) is 16.0 Å². The van der Waals surface area contributed by atoms with E-state index < -0.39 is 0 Å². The standard InChI is InChI=1S/C20H21ClN4O2S2/c1-13-17(14(2)26)9-15(10-22)20(23-13)28-12-19(27)25-7-5-24(6-8-25)11-16-3-4-18(21)29-16/h3-4,9H,5-8,11-12H2,1-2H3. The zero-order valence-electron chi connectivity index (χ0n) is 16.3. The molecule has 1 aliphatic heterocycles. The fourth-order valence-corrected chi connectivity index (χ4v) is 5.20. The summed E-state index contributed by atoms with van der Waals surface area (Å²) >= 11 is 8.82. The minimum Gasteiger partial charge on any atom is -0.339 e. The molecule has 0 atom stereocenters. The summed E-state index contributed by atoms with van der Waals surface area (Å²) in [5.41, 5.74) is 1.35. The topological polar surface area (TPSA) is 77.3 Å². The van der Waals surface area contributed by atoms with Crippen molar-refractivity contribution in [2.45, 2.75) is 25.4 Å². The maximum Gasteiger partial charge on any atom is 0.233 e. The van der Waals surface area contributed by atoms with Crippen molar-refractivity contribution in [3.63, 3.8) is 0 Å². The van der Waals surface area contributed by atoms with Gasteiger partial charge in [-0.2, -0.15) is 5.26 Å². The number of ketones is 1. The molecule has 1 saturated heterocycles. The number of thiophene rings is 1. The highest BCUT2D eigenvalue weighted by molar-refractivity contribution is 8.00. The maximum atomic E-state index is 12.6. The Morgan fingerprint density at radius 2 is 2.03 bits per heavy atom. The van der Waals surface area contributed by atoms with Gasteiger partial charge in [0, 0.05) is 48.9 Å². The lowest BCUT2D eigenvalue weighted by Gasteiger charge is -2.34. The average Bonchev–Trinajstić information content (AvgIpc) is 3.11. The molecule has 152 valence electrons. The van der Waals surface area contributed by atoms with Gasteiger partial charge in [-0.15, -0.1) is 11.3 Å². The van der Waals surface area contributed by atoms with Crippen molar-refractivity contribution in [2.24, 2.45) is 0 Å². The third kappa shape index (κ3) is 5.58. The quantitative estimate of drug-likeness (QED) is 0.496. The predicted molar refractivity (Wildman–Crippen MR) is 116 cm³/mol. The van der Waals surface area contributed by atoms with Gasteiger partial charge in [0.05, 0.1) is 15.7 Å². The fraction of sp³-hybridized carbons (Fsp3) is 0.400. The van der Waals surface area contributed by atoms with E-state index in [4.69, 9.17) is 11.6 Å². The molecule has 9 heteroatoms. The number of aromatic nitrogens is 1. The van der Waals surface area contributed by atoms with Gasteiger partial charge in [0.25, 0.3) is 0 Å². The van der Waals surface area contributed by atoms with Crippen LogP contribution < -0.4 is 0 Å². The van der Waals surface area contributed by atoms with Gasteiger partial charge in [-0.25, -0.2) is 4.98 Å². The first-order valence-corrected chi connectivity index (χ1v) is 11.3. The number of thioether (sulfide) groups is 1. The number of hydrogen-bond acceptors (Lipinski definition) is 7. The van der Waals surface area contributed by atoms with E-state index in [1.807, 2.05) is 17.0 Å². The molecular weight excluding hydrogens is 428 g/mol. The number of carbonyl (C=O) groups is 2. The highest BCUT2D eigenvalue weighted by Crippen LogP contribution is 2.25. The summed E-state index contributed by atoms with van der Waals surface area (Å²) in [7, 11) is 0. The molecule has 1 amide bonds. The van der Waals surface area contributed by atoms with Crippen LogP contribution in [0.25, 0.3) is 0 Å². The van der Waals surface area contributed by atoms with Crippen LogP contribution in [0.4, 0.5) is 0 Å². The van der Waals surface area contributed by atoms with Crippen LogP contribution in [0.15, 0.2) is 23.2 Å². The Morgan fingerprint density at radius 1 is 1.31 bits per heavy atom. The van der Waals surface area contributed by atoms with Gasteiger partial charge in [-0.3, -0.25) is 14.5 Å². The van der Waals surface area contributed by atoms with Crippen LogP contribution in [0.1, 0.15) is 33.4 Å². The minimum atomic E-state index is -0.123. The molecule has 0 radical (unpaired) electrons. The second-order valence-electron chi connectivity index (χ2n) is 6.79. The summed E-state index contributed by atoms with van der Waals surface area (Å²) in [5.74, 6) is 0.135. The van der Waals surface area contributed by atoms with E-state index in [0.717, 1.165) is 24.0 Å². The molecular formula is C20H21ClN4O2S2. The molecule has 0 aromatic carbocycles. The number of halogens is 1. The fourth-order valence-electron chi connectivity index (χ4n) is 3.16. The molecule has 29 heavy (non-hydrogen) atoms. The van der Waals surface area contributed by atoms with Gasteiger partial charge in [0.2, 0.25) is 5.91 Å². The first kappa shape index (κ1) is 21.8. The molecule has 0 aliphatic carbocycles. The Bertz CT molecular complexity index is 962. The van der Waals surface area contributed by atoms with Crippen molar-refractivity contribution in [3.05, 3.63) is 44.2 Å². The van der Waals surface area contributed by atoms with Crippen LogP contribution in [-0.4, -0.2) is 58.4 Å². The van der Waals surface area contributed by atoms with Gasteiger partial charge in [-0.1, -0.05) is 23.4 Å². The first-order chi connectivity index (χ1) is 13.9. The lowest BCUT2D eigenvalue weighted by Crippen LogP contribution is -2.48. The molecule has 3 rings (SSSR count). The number of Topliss-reactive ketones (excluding diaryl/α,β-unsaturated/α-hetero) is 1. The number of amides is 1. The Kier molecular flexibility index (Phi) is 7.30. The summed E-state index contributed by atoms with van der Waals surface area (Å²) in [4.78, 5) is 34.0. The van der Waals surface area contributed by atoms with E-state index >= 15 is 0 Å². The van der Waals surface area contributed by atoms with E-state index in [1.165, 1.54) is 23.6 Å². The van der Waals surface area contributed by atoms with Crippen molar-refractivity contribution in [3.8, 4) is 6.07 Å². The number of carbonyl (C=O) groups excluding carboxylic acids is 2. The van der Waals surface area contributed by atoms with Gasteiger partial charge in [0.1, 0.15) is 11.1 Å². The van der Waals surface area contributed by atoms with Crippen LogP contribution in [0, 0.1) is 18.3 Å². The number of rotatable bonds is 6. The summed E-state index contributed by atoms with van der Waals surface area (Å²) in [6.45, 7) is 7.04. The highest BCUT2D eigenvalue weighted by atomic mass is 35.5. The Hall–Kier alpha value is -1.92. The van der Waals surface area contributed by atoms with Crippen LogP contribution in [0.2, 0.25) is 4.34 Å². The van der Waals surface area contributed by atoms with Crippen molar-refractivity contribution in [1.82, 2.24) is 14.8 Å². The third-order valence-electron chi connectivity index (χ3n) is 4.74. The second-order valence-corrected chi connectivity index (χ2v) is 9.56. The SMILES string of the molecule is CC(=O)c1cc(C#N)c(SCC(=O)N2CCN(Cc3ccc(Cl)s3)CC2)nc1C. The molecule has 0 unspecified atom stereocenters. The van der Waals surface area contributed by atoms with E-state index in [0.29, 0.717) is 34.9 Å². The number of piperazine rings is 1. The molecule has 1 fully saturated rings. The van der Waals surface area contributed by atoms with E-state index in [-0.39, 0.29) is 17.4 Å². The molecule has 6 nitrogen and oxygen atoms in total. The number of aryl methyl sites for hydroxylation is 1. The monoisotopic (exact) mass is 448 g/mol. The normalized spacial score (nSPS) is 14.6. The summed E-state index contributed by atoms with van der Waals surface area (Å²) in [5, 5.41) is 9.86. The van der Waals surface area contributed by atoms with Crippen molar-refractivity contribution < 1.29 is 9.59 Å². The molecule has 0 spiro atoms. The summed E-state index contributed by atoms with van der Waals surface area (Å²) in [6.07, 6.45) is 0. The van der Waals surface area contributed by atoms with Gasteiger partial charge >= 0.3 is 0 Å². The Balaban J connectivity index is 1.53. The lowest BCUT2D eigenvalue weighted by molar-refractivity contribution is -0.130. The molecule has 0 bridgehead atoms. The van der Waals surface area contributed by atoms with E-state index in [1.54, 1.807) is 24.3 Å². The van der Waals surface area contributed by atoms with Gasteiger partial charge < -0.3 is 4.90 Å².